The maximum absolute atomic E-state index is 11.8. The van der Waals surface area contributed by atoms with Crippen molar-refractivity contribution in [3.63, 3.8) is 0 Å². The molecule has 1 N–H and O–H groups in total. The third-order valence-corrected chi connectivity index (χ3v) is 4.62. The number of carbonyl (C=O) groups excluding carboxylic acids is 1. The zero-order valence-corrected chi connectivity index (χ0v) is 15.0. The summed E-state index contributed by atoms with van der Waals surface area (Å²) in [4.78, 5) is 12.8. The molecule has 0 bridgehead atoms. The number of hydrogen-bond acceptors (Lipinski definition) is 4. The molecule has 0 unspecified atom stereocenters. The number of amides is 1. The maximum atomic E-state index is 11.8. The Hall–Kier alpha value is -1.37. The van der Waals surface area contributed by atoms with Gasteiger partial charge in [-0.2, -0.15) is 5.10 Å². The molecule has 2 aromatic rings. The Morgan fingerprint density at radius 3 is 2.64 bits per heavy atom. The molecule has 0 aliphatic rings. The van der Waals surface area contributed by atoms with Crippen LogP contribution in [0.4, 0.5) is 0 Å². The Kier molecular flexibility index (Phi) is 6.42. The summed E-state index contributed by atoms with van der Waals surface area (Å²) in [6.07, 6.45) is 0.727. The van der Waals surface area contributed by atoms with Crippen molar-refractivity contribution < 1.29 is 9.53 Å². The minimum Gasteiger partial charge on any atom is -0.484 e. The highest BCUT2D eigenvalue weighted by Crippen LogP contribution is 2.23. The summed E-state index contributed by atoms with van der Waals surface area (Å²) in [5, 5.41) is 4.78. The standard InChI is InChI=1S/C15H14BrClN2O2S/c1-2-12(13-7-8-14(16)22-13)18-19-15(20)9-21-11-5-3-10(17)4-6-11/h3-8H,2,9H2,1H3,(H,19,20). The summed E-state index contributed by atoms with van der Waals surface area (Å²) < 4.78 is 6.38. The van der Waals surface area contributed by atoms with Crippen molar-refractivity contribution in [2.75, 3.05) is 6.61 Å². The number of benzene rings is 1. The summed E-state index contributed by atoms with van der Waals surface area (Å²) in [6, 6.07) is 10.7. The molecule has 1 amide bonds. The lowest BCUT2D eigenvalue weighted by atomic mass is 10.2. The van der Waals surface area contributed by atoms with Gasteiger partial charge in [0.05, 0.1) is 14.4 Å². The van der Waals surface area contributed by atoms with Gasteiger partial charge in [-0.3, -0.25) is 4.79 Å². The summed E-state index contributed by atoms with van der Waals surface area (Å²) in [5.41, 5.74) is 3.34. The van der Waals surface area contributed by atoms with Crippen LogP contribution in [0.15, 0.2) is 45.3 Å². The van der Waals surface area contributed by atoms with Crippen molar-refractivity contribution in [3.05, 3.63) is 50.1 Å². The topological polar surface area (TPSA) is 50.7 Å². The minimum absolute atomic E-state index is 0.101. The zero-order chi connectivity index (χ0) is 15.9. The summed E-state index contributed by atoms with van der Waals surface area (Å²) in [5.74, 6) is 0.276. The normalized spacial score (nSPS) is 11.3. The van der Waals surface area contributed by atoms with Crippen molar-refractivity contribution in [2.24, 2.45) is 5.10 Å². The minimum atomic E-state index is -0.309. The van der Waals surface area contributed by atoms with Gasteiger partial charge in [0.15, 0.2) is 6.61 Å². The molecule has 1 aromatic carbocycles. The van der Waals surface area contributed by atoms with E-state index in [2.05, 4.69) is 26.5 Å². The van der Waals surface area contributed by atoms with Gasteiger partial charge in [0.2, 0.25) is 0 Å². The van der Waals surface area contributed by atoms with Crippen LogP contribution in [-0.4, -0.2) is 18.2 Å². The highest BCUT2D eigenvalue weighted by Gasteiger charge is 2.07. The molecule has 7 heteroatoms. The van der Waals surface area contributed by atoms with Gasteiger partial charge >= 0.3 is 0 Å². The molecule has 116 valence electrons. The molecule has 22 heavy (non-hydrogen) atoms. The molecule has 0 aliphatic carbocycles. The Morgan fingerprint density at radius 2 is 2.05 bits per heavy atom. The van der Waals surface area contributed by atoms with Crippen LogP contribution < -0.4 is 10.2 Å². The smallest absolute Gasteiger partial charge is 0.277 e. The average molecular weight is 402 g/mol. The molecule has 0 saturated carbocycles. The van der Waals surface area contributed by atoms with Crippen LogP contribution in [0.1, 0.15) is 18.2 Å². The van der Waals surface area contributed by atoms with Crippen LogP contribution >= 0.6 is 38.9 Å². The zero-order valence-electron chi connectivity index (χ0n) is 11.8. The Labute approximate surface area is 146 Å². The number of nitrogens with one attached hydrogen (secondary N) is 1. The van der Waals surface area contributed by atoms with Crippen molar-refractivity contribution in [3.8, 4) is 5.75 Å². The fraction of sp³-hybridized carbons (Fsp3) is 0.200. The second-order valence-corrected chi connectivity index (χ2v) is 7.19. The maximum Gasteiger partial charge on any atom is 0.277 e. The third-order valence-electron chi connectivity index (χ3n) is 2.69. The summed E-state index contributed by atoms with van der Waals surface area (Å²) >= 11 is 10.8. The quantitative estimate of drug-likeness (QED) is 0.573. The molecule has 0 fully saturated rings. The van der Waals surface area contributed by atoms with Gasteiger partial charge in [-0.1, -0.05) is 18.5 Å². The van der Waals surface area contributed by atoms with E-state index in [1.165, 1.54) is 0 Å². The van der Waals surface area contributed by atoms with Gasteiger partial charge in [0.1, 0.15) is 5.75 Å². The van der Waals surface area contributed by atoms with E-state index in [9.17, 15) is 4.79 Å². The molecule has 0 aliphatic heterocycles. The van der Waals surface area contributed by atoms with Crippen LogP contribution in [0.3, 0.4) is 0 Å². The molecule has 0 atom stereocenters. The lowest BCUT2D eigenvalue weighted by Gasteiger charge is -2.06. The van der Waals surface area contributed by atoms with E-state index in [0.29, 0.717) is 10.8 Å². The Bertz CT molecular complexity index is 670. The van der Waals surface area contributed by atoms with Gasteiger partial charge in [-0.05, 0) is 58.7 Å². The van der Waals surface area contributed by atoms with Crippen molar-refractivity contribution in [2.45, 2.75) is 13.3 Å². The molecule has 1 aromatic heterocycles. The number of nitrogens with zero attached hydrogens (tertiary/aromatic N) is 1. The van der Waals surface area contributed by atoms with Gasteiger partial charge < -0.3 is 4.74 Å². The lowest BCUT2D eigenvalue weighted by Crippen LogP contribution is -2.25. The molecule has 2 rings (SSSR count). The van der Waals surface area contributed by atoms with Crippen LogP contribution in [-0.2, 0) is 4.79 Å². The first-order chi connectivity index (χ1) is 10.6. The fourth-order valence-electron chi connectivity index (χ4n) is 1.62. The van der Waals surface area contributed by atoms with E-state index < -0.39 is 0 Å². The average Bonchev–Trinajstić information content (AvgIpc) is 2.94. The third kappa shape index (κ3) is 5.12. The number of hydrogen-bond donors (Lipinski definition) is 1. The van der Waals surface area contributed by atoms with Crippen LogP contribution in [0.5, 0.6) is 5.75 Å². The first-order valence-electron chi connectivity index (χ1n) is 6.58. The van der Waals surface area contributed by atoms with Crippen LogP contribution in [0, 0.1) is 0 Å². The van der Waals surface area contributed by atoms with E-state index in [1.54, 1.807) is 35.6 Å². The predicted octanol–water partition coefficient (Wildman–Crippen LogP) is 4.47. The number of thiophene rings is 1. The lowest BCUT2D eigenvalue weighted by molar-refractivity contribution is -0.123. The van der Waals surface area contributed by atoms with Gasteiger partial charge in [0.25, 0.3) is 5.91 Å². The molecular weight excluding hydrogens is 388 g/mol. The van der Waals surface area contributed by atoms with Crippen molar-refractivity contribution in [1.82, 2.24) is 5.43 Å². The van der Waals surface area contributed by atoms with E-state index >= 15 is 0 Å². The number of ether oxygens (including phenoxy) is 1. The molecule has 0 spiro atoms. The fourth-order valence-corrected chi connectivity index (χ4v) is 3.19. The monoisotopic (exact) mass is 400 g/mol. The molecule has 0 radical (unpaired) electrons. The van der Waals surface area contributed by atoms with Crippen LogP contribution in [0.2, 0.25) is 5.02 Å². The second-order valence-electron chi connectivity index (χ2n) is 4.29. The van der Waals surface area contributed by atoms with Crippen LogP contribution in [0.25, 0.3) is 0 Å². The molecule has 1 heterocycles. The SMILES string of the molecule is CCC(=NNC(=O)COc1ccc(Cl)cc1)c1ccc(Br)s1. The number of halogens is 2. The second kappa shape index (κ2) is 8.31. The Balaban J connectivity index is 1.88. The molecular formula is C15H14BrClN2O2S. The van der Waals surface area contributed by atoms with E-state index in [4.69, 9.17) is 16.3 Å². The number of hydrazone groups is 1. The number of rotatable bonds is 6. The van der Waals surface area contributed by atoms with Gasteiger partial charge in [-0.15, -0.1) is 11.3 Å². The highest BCUT2D eigenvalue weighted by atomic mass is 79.9. The van der Waals surface area contributed by atoms with E-state index in [-0.39, 0.29) is 12.5 Å². The number of carbonyl (C=O) groups is 1. The summed E-state index contributed by atoms with van der Waals surface area (Å²) in [7, 11) is 0. The first-order valence-corrected chi connectivity index (χ1v) is 8.56. The van der Waals surface area contributed by atoms with Crippen molar-refractivity contribution >= 4 is 50.5 Å². The van der Waals surface area contributed by atoms with E-state index in [0.717, 1.165) is 20.8 Å². The predicted molar refractivity (Wildman–Crippen MR) is 93.9 cm³/mol. The largest absolute Gasteiger partial charge is 0.484 e. The van der Waals surface area contributed by atoms with Crippen molar-refractivity contribution in [1.29, 1.82) is 0 Å². The highest BCUT2D eigenvalue weighted by molar-refractivity contribution is 9.11. The first kappa shape index (κ1) is 17.0. The van der Waals surface area contributed by atoms with E-state index in [1.807, 2.05) is 19.1 Å². The summed E-state index contributed by atoms with van der Waals surface area (Å²) in [6.45, 7) is 1.89. The molecule has 0 saturated heterocycles. The Morgan fingerprint density at radius 1 is 1.32 bits per heavy atom. The molecule has 4 nitrogen and oxygen atoms in total. The van der Waals surface area contributed by atoms with Gasteiger partial charge in [-0.25, -0.2) is 5.43 Å². The van der Waals surface area contributed by atoms with Gasteiger partial charge in [0, 0.05) is 5.02 Å².